The molecule has 0 heterocycles. The molecule has 2 aromatic rings. The lowest BCUT2D eigenvalue weighted by Crippen LogP contribution is -2.38. The molecular formula is C26H36ClN3O8. The van der Waals surface area contributed by atoms with Gasteiger partial charge in [0.1, 0.15) is 11.5 Å². The summed E-state index contributed by atoms with van der Waals surface area (Å²) in [4.78, 5) is 36.5. The number of amides is 2. The van der Waals surface area contributed by atoms with Crippen LogP contribution in [0, 0.1) is 0 Å². The largest absolute Gasteiger partial charge is 0.479 e. The molecule has 210 valence electrons. The van der Waals surface area contributed by atoms with Crippen LogP contribution in [-0.2, 0) is 4.79 Å². The number of carboxylic acids is 1. The van der Waals surface area contributed by atoms with Crippen LogP contribution in [0.3, 0.4) is 0 Å². The van der Waals surface area contributed by atoms with Crippen LogP contribution in [-0.4, -0.2) is 83.5 Å². The first-order valence-electron chi connectivity index (χ1n) is 11.5. The zero-order valence-electron chi connectivity index (χ0n) is 22.6. The molecule has 0 aromatic heterocycles. The van der Waals surface area contributed by atoms with Crippen LogP contribution in [0.25, 0.3) is 0 Å². The molecule has 12 heteroatoms. The van der Waals surface area contributed by atoms with Gasteiger partial charge in [0, 0.05) is 56.9 Å². The van der Waals surface area contributed by atoms with Crippen molar-refractivity contribution in [3.05, 3.63) is 58.6 Å². The van der Waals surface area contributed by atoms with E-state index in [2.05, 4.69) is 5.32 Å². The molecular weight excluding hydrogens is 518 g/mol. The fourth-order valence-corrected chi connectivity index (χ4v) is 2.88. The third-order valence-corrected chi connectivity index (χ3v) is 5.03. The fourth-order valence-electron chi connectivity index (χ4n) is 2.64. The van der Waals surface area contributed by atoms with Gasteiger partial charge >= 0.3 is 18.2 Å². The predicted octanol–water partition coefficient (Wildman–Crippen LogP) is 3.69. The van der Waals surface area contributed by atoms with Crippen molar-refractivity contribution in [3.63, 3.8) is 0 Å². The number of rotatable bonds is 7. The van der Waals surface area contributed by atoms with Gasteiger partial charge in [0.05, 0.1) is 6.10 Å². The second-order valence-corrected chi connectivity index (χ2v) is 10.1. The van der Waals surface area contributed by atoms with Gasteiger partial charge in [-0.25, -0.2) is 14.4 Å². The van der Waals surface area contributed by atoms with Crippen molar-refractivity contribution < 1.29 is 39.2 Å². The Bertz CT molecular complexity index is 1060. The molecule has 2 rings (SSSR count). The molecule has 38 heavy (non-hydrogen) atoms. The van der Waals surface area contributed by atoms with Gasteiger partial charge in [-0.1, -0.05) is 29.8 Å². The van der Waals surface area contributed by atoms with Crippen molar-refractivity contribution in [2.45, 2.75) is 38.5 Å². The van der Waals surface area contributed by atoms with E-state index in [-0.39, 0.29) is 34.2 Å². The molecule has 2 aromatic carbocycles. The minimum atomic E-state index is -1.54. The van der Waals surface area contributed by atoms with Gasteiger partial charge in [-0.3, -0.25) is 0 Å². The molecule has 1 unspecified atom stereocenters. The SMILES string of the molecule is CN(C)C(=O)Oc1cc(OC(=O)N(C)C)cc(C(O)CNC(C)(C)C)c1.O=C(O)[C@H](O)c1ccccc1Cl. The molecule has 0 aliphatic carbocycles. The van der Waals surface area contributed by atoms with Gasteiger partial charge in [0.15, 0.2) is 6.10 Å². The second-order valence-electron chi connectivity index (χ2n) is 9.67. The van der Waals surface area contributed by atoms with Gasteiger partial charge < -0.3 is 39.9 Å². The van der Waals surface area contributed by atoms with Gasteiger partial charge in [-0.05, 0) is 44.5 Å². The summed E-state index contributed by atoms with van der Waals surface area (Å²) in [6.07, 6.45) is -3.56. The summed E-state index contributed by atoms with van der Waals surface area (Å²) in [5.41, 5.74) is 0.509. The van der Waals surface area contributed by atoms with E-state index >= 15 is 0 Å². The zero-order chi connectivity index (χ0) is 29.2. The Morgan fingerprint density at radius 3 is 1.79 bits per heavy atom. The monoisotopic (exact) mass is 553 g/mol. The third kappa shape index (κ3) is 11.3. The van der Waals surface area contributed by atoms with Crippen molar-refractivity contribution in [3.8, 4) is 11.5 Å². The normalized spacial score (nSPS) is 12.4. The number of halogens is 1. The molecule has 4 N–H and O–H groups in total. The Labute approximate surface area is 227 Å². The number of carbonyl (C=O) groups excluding carboxylic acids is 2. The van der Waals surface area contributed by atoms with E-state index in [0.29, 0.717) is 5.56 Å². The molecule has 0 fully saturated rings. The highest BCUT2D eigenvalue weighted by molar-refractivity contribution is 6.31. The Kier molecular flexibility index (Phi) is 12.5. The summed E-state index contributed by atoms with van der Waals surface area (Å²) in [5.74, 6) is -0.946. The van der Waals surface area contributed by atoms with E-state index in [9.17, 15) is 19.5 Å². The van der Waals surface area contributed by atoms with Crippen molar-refractivity contribution >= 4 is 29.8 Å². The standard InChI is InChI=1S/C18H29N3O5.C8H7ClO3/c1-18(2,3)19-11-15(22)12-8-13(25-16(23)20(4)5)10-14(9-12)26-17(24)21(6)7;9-6-4-2-1-3-5(6)7(10)8(11)12/h8-10,15,19,22H,11H2,1-7H3;1-4,7,10H,(H,11,12)/t;7-/m.1/s1. The number of nitrogens with zero attached hydrogens (tertiary/aromatic N) is 2. The lowest BCUT2D eigenvalue weighted by atomic mass is 10.1. The molecule has 0 saturated heterocycles. The van der Waals surface area contributed by atoms with Gasteiger partial charge in [0.2, 0.25) is 0 Å². The number of benzene rings is 2. The van der Waals surface area contributed by atoms with E-state index in [1.807, 2.05) is 20.8 Å². The number of hydrogen-bond donors (Lipinski definition) is 4. The molecule has 0 aliphatic heterocycles. The predicted molar refractivity (Wildman–Crippen MR) is 143 cm³/mol. The van der Waals surface area contributed by atoms with Crippen LogP contribution in [0.1, 0.15) is 44.1 Å². The summed E-state index contributed by atoms with van der Waals surface area (Å²) in [7, 11) is 6.23. The fraction of sp³-hybridized carbons (Fsp3) is 0.423. The van der Waals surface area contributed by atoms with Crippen LogP contribution in [0.15, 0.2) is 42.5 Å². The van der Waals surface area contributed by atoms with Crippen molar-refractivity contribution in [1.29, 1.82) is 0 Å². The third-order valence-electron chi connectivity index (χ3n) is 4.69. The zero-order valence-corrected chi connectivity index (χ0v) is 23.3. The maximum absolute atomic E-state index is 11.8. The van der Waals surface area contributed by atoms with Crippen LogP contribution in [0.4, 0.5) is 9.59 Å². The number of aliphatic carboxylic acids is 1. The second kappa shape index (κ2) is 14.5. The first-order chi connectivity index (χ1) is 17.5. The molecule has 0 radical (unpaired) electrons. The van der Waals surface area contributed by atoms with Crippen LogP contribution < -0.4 is 14.8 Å². The molecule has 0 saturated carbocycles. The summed E-state index contributed by atoms with van der Waals surface area (Å²) in [6.45, 7) is 6.24. The summed E-state index contributed by atoms with van der Waals surface area (Å²) >= 11 is 5.64. The van der Waals surface area contributed by atoms with Gasteiger partial charge in [-0.15, -0.1) is 0 Å². The van der Waals surface area contributed by atoms with Crippen LogP contribution in [0.2, 0.25) is 5.02 Å². The number of carbonyl (C=O) groups is 3. The number of ether oxygens (including phenoxy) is 2. The number of aliphatic hydroxyl groups excluding tert-OH is 2. The number of carboxylic acid groups (broad SMARTS) is 1. The maximum atomic E-state index is 11.8. The molecule has 0 bridgehead atoms. The molecule has 11 nitrogen and oxygen atoms in total. The Morgan fingerprint density at radius 2 is 1.39 bits per heavy atom. The van der Waals surface area contributed by atoms with Crippen molar-refractivity contribution in [2.75, 3.05) is 34.7 Å². The number of hydrogen-bond acceptors (Lipinski definition) is 8. The van der Waals surface area contributed by atoms with Crippen LogP contribution in [0.5, 0.6) is 11.5 Å². The van der Waals surface area contributed by atoms with Crippen molar-refractivity contribution in [2.24, 2.45) is 0 Å². The van der Waals surface area contributed by atoms with Gasteiger partial charge in [0.25, 0.3) is 0 Å². The molecule has 2 atom stereocenters. The Balaban J connectivity index is 0.000000499. The van der Waals surface area contributed by atoms with E-state index in [1.165, 1.54) is 28.0 Å². The van der Waals surface area contributed by atoms with Crippen molar-refractivity contribution in [1.82, 2.24) is 15.1 Å². The first-order valence-corrected chi connectivity index (χ1v) is 11.9. The highest BCUT2D eigenvalue weighted by atomic mass is 35.5. The summed E-state index contributed by atoms with van der Waals surface area (Å²) in [6, 6.07) is 10.8. The van der Waals surface area contributed by atoms with Gasteiger partial charge in [-0.2, -0.15) is 0 Å². The minimum Gasteiger partial charge on any atom is -0.479 e. The highest BCUT2D eigenvalue weighted by Crippen LogP contribution is 2.28. The average molecular weight is 554 g/mol. The quantitative estimate of drug-likeness (QED) is 0.402. The van der Waals surface area contributed by atoms with E-state index in [4.69, 9.17) is 31.3 Å². The van der Waals surface area contributed by atoms with E-state index in [1.54, 1.807) is 52.5 Å². The van der Waals surface area contributed by atoms with Crippen LogP contribution >= 0.6 is 11.6 Å². The number of β-amino-alcohol motifs (C(OH)–C–C–N with tert-alkyl or cyclic N) is 1. The Hall–Kier alpha value is -3.38. The lowest BCUT2D eigenvalue weighted by molar-refractivity contribution is -0.146. The minimum absolute atomic E-state index is 0.170. The van der Waals surface area contributed by atoms with E-state index < -0.39 is 30.4 Å². The first kappa shape index (κ1) is 32.6. The topological polar surface area (TPSA) is 149 Å². The van der Waals surface area contributed by atoms with E-state index in [0.717, 1.165) is 0 Å². The Morgan fingerprint density at radius 1 is 0.921 bits per heavy atom. The highest BCUT2D eigenvalue weighted by Gasteiger charge is 2.19. The maximum Gasteiger partial charge on any atom is 0.414 e. The lowest BCUT2D eigenvalue weighted by Gasteiger charge is -2.23. The summed E-state index contributed by atoms with van der Waals surface area (Å²) < 4.78 is 10.5. The smallest absolute Gasteiger partial charge is 0.414 e. The number of aliphatic hydroxyl groups is 2. The summed E-state index contributed by atoms with van der Waals surface area (Å²) in [5, 5.41) is 31.5. The molecule has 0 aliphatic rings. The number of nitrogens with one attached hydrogen (secondary N) is 1. The molecule has 2 amide bonds. The molecule has 0 spiro atoms. The average Bonchev–Trinajstić information content (AvgIpc) is 2.81.